The Balaban J connectivity index is 0.00000162. The topological polar surface area (TPSA) is 61.4 Å². The van der Waals surface area contributed by atoms with Crippen LogP contribution in [0.5, 0.6) is 0 Å². The number of amides is 1. The summed E-state index contributed by atoms with van der Waals surface area (Å²) in [4.78, 5) is 12.2. The van der Waals surface area contributed by atoms with Crippen molar-refractivity contribution in [3.8, 4) is 0 Å². The average molecular weight is 277 g/mol. The fourth-order valence-electron chi connectivity index (χ4n) is 3.03. The van der Waals surface area contributed by atoms with Crippen molar-refractivity contribution in [1.82, 2.24) is 10.6 Å². The maximum Gasteiger partial charge on any atom is 0.240 e. The molecule has 0 aromatic heterocycles. The predicted octanol–water partition coefficient (Wildman–Crippen LogP) is 1.22. The highest BCUT2D eigenvalue weighted by molar-refractivity contribution is 5.86. The van der Waals surface area contributed by atoms with Crippen molar-refractivity contribution in [2.75, 3.05) is 13.2 Å². The molecule has 0 aromatic carbocycles. The molecule has 1 aliphatic carbocycles. The molecule has 0 radical (unpaired) electrons. The minimum Gasteiger partial charge on any atom is -0.396 e. The van der Waals surface area contributed by atoms with Gasteiger partial charge in [0, 0.05) is 18.6 Å². The van der Waals surface area contributed by atoms with Gasteiger partial charge in [-0.3, -0.25) is 4.79 Å². The second-order valence-electron chi connectivity index (χ2n) is 5.67. The van der Waals surface area contributed by atoms with Crippen LogP contribution in [0.2, 0.25) is 0 Å². The van der Waals surface area contributed by atoms with Crippen molar-refractivity contribution in [3.05, 3.63) is 0 Å². The summed E-state index contributed by atoms with van der Waals surface area (Å²) in [5.41, 5.74) is -0.391. The third-order valence-electron chi connectivity index (χ3n) is 4.33. The minimum absolute atomic E-state index is 0. The van der Waals surface area contributed by atoms with Crippen molar-refractivity contribution in [3.63, 3.8) is 0 Å². The Morgan fingerprint density at radius 2 is 2.11 bits per heavy atom. The maximum atomic E-state index is 12.2. The molecule has 0 spiro atoms. The van der Waals surface area contributed by atoms with E-state index in [0.29, 0.717) is 0 Å². The van der Waals surface area contributed by atoms with Crippen LogP contribution in [-0.4, -0.2) is 35.7 Å². The fourth-order valence-corrected chi connectivity index (χ4v) is 3.03. The summed E-state index contributed by atoms with van der Waals surface area (Å²) in [5, 5.41) is 15.8. The van der Waals surface area contributed by atoms with E-state index in [-0.39, 0.29) is 36.9 Å². The van der Waals surface area contributed by atoms with Crippen LogP contribution in [0.25, 0.3) is 0 Å². The Morgan fingerprint density at radius 3 is 2.72 bits per heavy atom. The maximum absolute atomic E-state index is 12.2. The summed E-state index contributed by atoms with van der Waals surface area (Å²) < 4.78 is 0. The van der Waals surface area contributed by atoms with Gasteiger partial charge in [0.1, 0.15) is 0 Å². The van der Waals surface area contributed by atoms with Crippen molar-refractivity contribution in [2.45, 2.75) is 57.0 Å². The number of carbonyl (C=O) groups excluding carboxylic acids is 1. The van der Waals surface area contributed by atoms with Gasteiger partial charge in [-0.15, -0.1) is 12.4 Å². The van der Waals surface area contributed by atoms with Gasteiger partial charge in [-0.25, -0.2) is 0 Å². The van der Waals surface area contributed by atoms with Gasteiger partial charge in [-0.05, 0) is 39.2 Å². The highest BCUT2D eigenvalue weighted by atomic mass is 35.5. The van der Waals surface area contributed by atoms with E-state index in [1.165, 1.54) is 6.42 Å². The average Bonchev–Trinajstić information content (AvgIpc) is 2.78. The lowest BCUT2D eigenvalue weighted by Gasteiger charge is -2.34. The molecule has 0 bridgehead atoms. The van der Waals surface area contributed by atoms with Gasteiger partial charge >= 0.3 is 0 Å². The second kappa shape index (κ2) is 6.73. The highest BCUT2D eigenvalue weighted by Gasteiger charge is 2.38. The number of hydrogen-bond donors (Lipinski definition) is 3. The molecular weight excluding hydrogens is 252 g/mol. The molecule has 1 amide bonds. The Labute approximate surface area is 115 Å². The summed E-state index contributed by atoms with van der Waals surface area (Å²) >= 11 is 0. The normalized spacial score (nSPS) is 35.9. The first kappa shape index (κ1) is 15.7. The molecule has 0 aromatic rings. The number of aliphatic hydroxyl groups excluding tert-OH is 1. The summed E-state index contributed by atoms with van der Waals surface area (Å²) in [7, 11) is 0. The van der Waals surface area contributed by atoms with E-state index in [4.69, 9.17) is 0 Å². The molecule has 1 heterocycles. The van der Waals surface area contributed by atoms with Crippen LogP contribution in [0.4, 0.5) is 0 Å². The third-order valence-corrected chi connectivity index (χ3v) is 4.33. The Morgan fingerprint density at radius 1 is 1.39 bits per heavy atom. The summed E-state index contributed by atoms with van der Waals surface area (Å²) in [6.07, 6.45) is 6.35. The number of rotatable bonds is 3. The van der Waals surface area contributed by atoms with E-state index in [9.17, 15) is 9.90 Å². The first-order chi connectivity index (χ1) is 8.15. The molecule has 2 aliphatic rings. The van der Waals surface area contributed by atoms with Gasteiger partial charge in [0.15, 0.2) is 0 Å². The zero-order valence-electron chi connectivity index (χ0n) is 11.1. The Hall–Kier alpha value is -0.320. The lowest BCUT2D eigenvalue weighted by atomic mass is 9.84. The molecule has 1 saturated carbocycles. The number of carbonyl (C=O) groups is 1. The van der Waals surface area contributed by atoms with E-state index in [1.807, 2.05) is 6.92 Å². The molecule has 2 fully saturated rings. The smallest absolute Gasteiger partial charge is 0.240 e. The van der Waals surface area contributed by atoms with E-state index in [0.717, 1.165) is 38.6 Å². The largest absolute Gasteiger partial charge is 0.396 e. The molecule has 3 atom stereocenters. The fraction of sp³-hybridized carbons (Fsp3) is 0.923. The van der Waals surface area contributed by atoms with Crippen molar-refractivity contribution < 1.29 is 9.90 Å². The minimum atomic E-state index is -0.391. The highest BCUT2D eigenvalue weighted by Crippen LogP contribution is 2.25. The second-order valence-corrected chi connectivity index (χ2v) is 5.67. The number of nitrogens with one attached hydrogen (secondary N) is 2. The standard InChI is InChI=1S/C13H24N2O2.ClH/c1-13(7-4-8-14-13)12(17)15-11-6-3-2-5-10(11)9-16;/h10-11,14,16H,2-9H2,1H3,(H,15,17);1H. The molecule has 3 unspecified atom stereocenters. The predicted molar refractivity (Wildman–Crippen MR) is 73.9 cm³/mol. The van der Waals surface area contributed by atoms with Crippen LogP contribution in [0, 0.1) is 5.92 Å². The Kier molecular flexibility index (Phi) is 5.89. The first-order valence-corrected chi connectivity index (χ1v) is 6.82. The first-order valence-electron chi connectivity index (χ1n) is 6.82. The van der Waals surface area contributed by atoms with Gasteiger partial charge in [-0.1, -0.05) is 12.8 Å². The van der Waals surface area contributed by atoms with E-state index < -0.39 is 5.54 Å². The molecule has 1 aliphatic heterocycles. The molecular formula is C13H25ClN2O2. The summed E-state index contributed by atoms with van der Waals surface area (Å²) in [5.74, 6) is 0.359. The SMILES string of the molecule is CC1(C(=O)NC2CCCCC2CO)CCCN1.Cl. The molecule has 106 valence electrons. The van der Waals surface area contributed by atoms with Crippen LogP contribution in [-0.2, 0) is 4.79 Å². The molecule has 2 rings (SSSR count). The summed E-state index contributed by atoms with van der Waals surface area (Å²) in [6.45, 7) is 3.10. The van der Waals surface area contributed by atoms with Crippen molar-refractivity contribution in [1.29, 1.82) is 0 Å². The summed E-state index contributed by atoms with van der Waals surface area (Å²) in [6, 6.07) is 0.167. The monoisotopic (exact) mass is 276 g/mol. The Bertz CT molecular complexity index is 280. The van der Waals surface area contributed by atoms with E-state index in [1.54, 1.807) is 0 Å². The lowest BCUT2D eigenvalue weighted by molar-refractivity contribution is -0.128. The molecule has 3 N–H and O–H groups in total. The molecule has 1 saturated heterocycles. The zero-order valence-corrected chi connectivity index (χ0v) is 11.9. The van der Waals surface area contributed by atoms with Crippen LogP contribution < -0.4 is 10.6 Å². The molecule has 18 heavy (non-hydrogen) atoms. The van der Waals surface area contributed by atoms with Crippen LogP contribution in [0.15, 0.2) is 0 Å². The molecule has 4 nitrogen and oxygen atoms in total. The van der Waals surface area contributed by atoms with Crippen LogP contribution in [0.1, 0.15) is 45.4 Å². The van der Waals surface area contributed by atoms with Crippen molar-refractivity contribution in [2.24, 2.45) is 5.92 Å². The van der Waals surface area contributed by atoms with Gasteiger partial charge in [0.05, 0.1) is 5.54 Å². The number of aliphatic hydroxyl groups is 1. The zero-order chi connectivity index (χ0) is 12.3. The van der Waals surface area contributed by atoms with E-state index in [2.05, 4.69) is 10.6 Å². The van der Waals surface area contributed by atoms with Crippen LogP contribution >= 0.6 is 12.4 Å². The lowest BCUT2D eigenvalue weighted by Crippen LogP contribution is -2.55. The van der Waals surface area contributed by atoms with Crippen molar-refractivity contribution >= 4 is 18.3 Å². The van der Waals surface area contributed by atoms with E-state index >= 15 is 0 Å². The van der Waals surface area contributed by atoms with Gasteiger partial charge in [0.2, 0.25) is 5.91 Å². The molecule has 5 heteroatoms. The van der Waals surface area contributed by atoms with Gasteiger partial charge < -0.3 is 15.7 Å². The van der Waals surface area contributed by atoms with Crippen LogP contribution in [0.3, 0.4) is 0 Å². The van der Waals surface area contributed by atoms with Gasteiger partial charge in [-0.2, -0.15) is 0 Å². The number of hydrogen-bond acceptors (Lipinski definition) is 3. The number of halogens is 1. The van der Waals surface area contributed by atoms with Gasteiger partial charge in [0.25, 0.3) is 0 Å². The third kappa shape index (κ3) is 3.37. The quantitative estimate of drug-likeness (QED) is 0.726.